The fourth-order valence-corrected chi connectivity index (χ4v) is 3.12. The summed E-state index contributed by atoms with van der Waals surface area (Å²) in [5, 5.41) is 9.67. The van der Waals surface area contributed by atoms with E-state index in [1.807, 2.05) is 11.8 Å². The maximum Gasteiger partial charge on any atom is 0.248 e. The molecule has 0 bridgehead atoms. The van der Waals surface area contributed by atoms with Crippen LogP contribution in [0.15, 0.2) is 0 Å². The average molecular weight is 298 g/mol. The van der Waals surface area contributed by atoms with Crippen LogP contribution in [0.25, 0.3) is 0 Å². The summed E-state index contributed by atoms with van der Waals surface area (Å²) in [5.74, 6) is 0.122. The van der Waals surface area contributed by atoms with E-state index in [1.54, 1.807) is 0 Å². The average Bonchev–Trinajstić information content (AvgIpc) is 2.54. The second kappa shape index (κ2) is 8.71. The van der Waals surface area contributed by atoms with Gasteiger partial charge in [0.25, 0.3) is 0 Å². The van der Waals surface area contributed by atoms with Crippen LogP contribution in [0.3, 0.4) is 0 Å². The lowest BCUT2D eigenvalue weighted by atomic mass is 9.98. The van der Waals surface area contributed by atoms with Crippen molar-refractivity contribution in [3.63, 3.8) is 0 Å². The minimum atomic E-state index is -0.248. The van der Waals surface area contributed by atoms with E-state index in [4.69, 9.17) is 4.74 Å². The van der Waals surface area contributed by atoms with Gasteiger partial charge in [0.2, 0.25) is 5.91 Å². The van der Waals surface area contributed by atoms with Crippen molar-refractivity contribution >= 4 is 5.91 Å². The first-order valence-electron chi connectivity index (χ1n) is 8.49. The molecule has 0 aromatic rings. The Morgan fingerprint density at radius 1 is 1.19 bits per heavy atom. The van der Waals surface area contributed by atoms with Gasteiger partial charge in [-0.15, -0.1) is 0 Å². The van der Waals surface area contributed by atoms with Crippen LogP contribution in [0.1, 0.15) is 45.4 Å². The molecule has 5 heteroatoms. The molecule has 1 unspecified atom stereocenters. The number of β-amino-alcohol motifs (C(OH)–C–C–N with tert-alkyl or cyclic N) is 1. The van der Waals surface area contributed by atoms with Crippen LogP contribution >= 0.6 is 0 Å². The number of carbonyl (C=O) groups is 1. The third-order valence-electron chi connectivity index (χ3n) is 4.66. The van der Waals surface area contributed by atoms with Crippen LogP contribution < -0.4 is 0 Å². The molecule has 1 saturated heterocycles. The van der Waals surface area contributed by atoms with Gasteiger partial charge in [-0.3, -0.25) is 9.69 Å². The van der Waals surface area contributed by atoms with E-state index in [2.05, 4.69) is 4.90 Å². The first-order valence-corrected chi connectivity index (χ1v) is 8.49. The van der Waals surface area contributed by atoms with Gasteiger partial charge in [-0.2, -0.15) is 0 Å². The molecule has 122 valence electrons. The molecule has 1 amide bonds. The molecule has 1 heterocycles. The SMILES string of the molecule is CCC(O)CN1CCN(C(=O)COC2CCCCC2)CC1. The molecule has 21 heavy (non-hydrogen) atoms. The number of ether oxygens (including phenoxy) is 1. The van der Waals surface area contributed by atoms with Crippen LogP contribution in [0.2, 0.25) is 0 Å². The molecular weight excluding hydrogens is 268 g/mol. The van der Waals surface area contributed by atoms with E-state index in [0.29, 0.717) is 6.10 Å². The van der Waals surface area contributed by atoms with E-state index in [0.717, 1.165) is 52.0 Å². The van der Waals surface area contributed by atoms with E-state index >= 15 is 0 Å². The Morgan fingerprint density at radius 2 is 1.86 bits per heavy atom. The zero-order valence-corrected chi connectivity index (χ0v) is 13.3. The van der Waals surface area contributed by atoms with Crippen LogP contribution in [-0.4, -0.2) is 72.4 Å². The Hall–Kier alpha value is -0.650. The Kier molecular flexibility index (Phi) is 6.93. The highest BCUT2D eigenvalue weighted by atomic mass is 16.5. The highest BCUT2D eigenvalue weighted by molar-refractivity contribution is 5.77. The molecule has 0 radical (unpaired) electrons. The van der Waals surface area contributed by atoms with E-state index < -0.39 is 0 Å². The normalized spacial score (nSPS) is 23.2. The lowest BCUT2D eigenvalue weighted by Gasteiger charge is -2.35. The van der Waals surface area contributed by atoms with Crippen molar-refractivity contribution in [3.8, 4) is 0 Å². The third-order valence-corrected chi connectivity index (χ3v) is 4.66. The lowest BCUT2D eigenvalue weighted by Crippen LogP contribution is -2.51. The smallest absolute Gasteiger partial charge is 0.248 e. The summed E-state index contributed by atoms with van der Waals surface area (Å²) in [4.78, 5) is 16.3. The van der Waals surface area contributed by atoms with Gasteiger partial charge < -0.3 is 14.7 Å². The number of piperazine rings is 1. The van der Waals surface area contributed by atoms with Gasteiger partial charge >= 0.3 is 0 Å². The molecule has 0 aromatic heterocycles. The summed E-state index contributed by atoms with van der Waals surface area (Å²) in [6.45, 7) is 6.16. The number of nitrogens with zero attached hydrogens (tertiary/aromatic N) is 2. The molecule has 2 fully saturated rings. The molecule has 1 saturated carbocycles. The van der Waals surface area contributed by atoms with Gasteiger partial charge in [0, 0.05) is 32.7 Å². The third kappa shape index (κ3) is 5.57. The van der Waals surface area contributed by atoms with Gasteiger partial charge in [-0.05, 0) is 19.3 Å². The Morgan fingerprint density at radius 3 is 2.48 bits per heavy atom. The predicted octanol–water partition coefficient (Wildman–Crippen LogP) is 1.25. The zero-order chi connectivity index (χ0) is 15.1. The number of carbonyl (C=O) groups excluding carboxylic acids is 1. The summed E-state index contributed by atoms with van der Waals surface area (Å²) < 4.78 is 5.76. The number of aliphatic hydroxyl groups is 1. The first kappa shape index (κ1) is 16.7. The van der Waals surface area contributed by atoms with Crippen molar-refractivity contribution in [2.45, 2.75) is 57.7 Å². The van der Waals surface area contributed by atoms with Crippen molar-refractivity contribution in [1.82, 2.24) is 9.80 Å². The lowest BCUT2D eigenvalue weighted by molar-refractivity contribution is -0.140. The van der Waals surface area contributed by atoms with Crippen LogP contribution in [0.5, 0.6) is 0 Å². The van der Waals surface area contributed by atoms with Crippen molar-refractivity contribution in [2.24, 2.45) is 0 Å². The Balaban J connectivity index is 1.63. The molecule has 0 aromatic carbocycles. The molecule has 5 nitrogen and oxygen atoms in total. The fourth-order valence-electron chi connectivity index (χ4n) is 3.12. The van der Waals surface area contributed by atoms with Gasteiger partial charge in [-0.25, -0.2) is 0 Å². The monoisotopic (exact) mass is 298 g/mol. The van der Waals surface area contributed by atoms with E-state index in [9.17, 15) is 9.90 Å². The Labute approximate surface area is 128 Å². The van der Waals surface area contributed by atoms with Crippen LogP contribution in [0.4, 0.5) is 0 Å². The van der Waals surface area contributed by atoms with Gasteiger partial charge in [0.15, 0.2) is 0 Å². The summed E-state index contributed by atoms with van der Waals surface area (Å²) in [7, 11) is 0. The molecule has 2 rings (SSSR count). The van der Waals surface area contributed by atoms with Gasteiger partial charge in [0.05, 0.1) is 12.2 Å². The molecule has 0 spiro atoms. The zero-order valence-electron chi connectivity index (χ0n) is 13.3. The number of rotatable bonds is 6. The maximum atomic E-state index is 12.2. The number of aliphatic hydroxyl groups excluding tert-OH is 1. The molecule has 1 atom stereocenters. The van der Waals surface area contributed by atoms with Crippen molar-refractivity contribution in [2.75, 3.05) is 39.3 Å². The predicted molar refractivity (Wildman–Crippen MR) is 82.1 cm³/mol. The van der Waals surface area contributed by atoms with Crippen molar-refractivity contribution < 1.29 is 14.6 Å². The van der Waals surface area contributed by atoms with Crippen LogP contribution in [0, 0.1) is 0 Å². The molecule has 2 aliphatic rings. The summed E-state index contributed by atoms with van der Waals surface area (Å²) in [6, 6.07) is 0. The maximum absolute atomic E-state index is 12.2. The molecule has 1 aliphatic heterocycles. The number of hydrogen-bond donors (Lipinski definition) is 1. The highest BCUT2D eigenvalue weighted by Crippen LogP contribution is 2.20. The topological polar surface area (TPSA) is 53.0 Å². The summed E-state index contributed by atoms with van der Waals surface area (Å²) in [6.07, 6.45) is 6.82. The molecule has 1 aliphatic carbocycles. The Bertz CT molecular complexity index is 311. The summed E-state index contributed by atoms with van der Waals surface area (Å²) >= 11 is 0. The minimum Gasteiger partial charge on any atom is -0.392 e. The van der Waals surface area contributed by atoms with Gasteiger partial charge in [-0.1, -0.05) is 26.2 Å². The largest absolute Gasteiger partial charge is 0.392 e. The summed E-state index contributed by atoms with van der Waals surface area (Å²) in [5.41, 5.74) is 0. The van der Waals surface area contributed by atoms with Crippen molar-refractivity contribution in [1.29, 1.82) is 0 Å². The number of hydrogen-bond acceptors (Lipinski definition) is 4. The quantitative estimate of drug-likeness (QED) is 0.802. The number of amides is 1. The standard InChI is InChI=1S/C16H30N2O3/c1-2-14(19)12-17-8-10-18(11-9-17)16(20)13-21-15-6-4-3-5-7-15/h14-15,19H,2-13H2,1H3. The highest BCUT2D eigenvalue weighted by Gasteiger charge is 2.23. The molecular formula is C16H30N2O3. The van der Waals surface area contributed by atoms with Gasteiger partial charge in [0.1, 0.15) is 6.61 Å². The minimum absolute atomic E-state index is 0.122. The van der Waals surface area contributed by atoms with Crippen molar-refractivity contribution in [3.05, 3.63) is 0 Å². The van der Waals surface area contributed by atoms with E-state index in [-0.39, 0.29) is 18.6 Å². The second-order valence-corrected chi connectivity index (χ2v) is 6.31. The van der Waals surface area contributed by atoms with Crippen LogP contribution in [-0.2, 0) is 9.53 Å². The van der Waals surface area contributed by atoms with E-state index in [1.165, 1.54) is 19.3 Å². The molecule has 1 N–H and O–H groups in total. The second-order valence-electron chi connectivity index (χ2n) is 6.31. The fraction of sp³-hybridized carbons (Fsp3) is 0.938. The first-order chi connectivity index (χ1) is 10.2.